The number of hydrogen-bond acceptors (Lipinski definition) is 5. The highest BCUT2D eigenvalue weighted by molar-refractivity contribution is 6.25. The van der Waals surface area contributed by atoms with Gasteiger partial charge in [-0.3, -0.25) is 0 Å². The molecule has 0 spiro atoms. The van der Waals surface area contributed by atoms with E-state index in [2.05, 4.69) is 95.6 Å². The third-order valence-corrected chi connectivity index (χ3v) is 9.85. The van der Waals surface area contributed by atoms with E-state index in [1.165, 1.54) is 10.8 Å². The molecule has 0 aliphatic rings. The molecule has 0 bridgehead atoms. The van der Waals surface area contributed by atoms with Crippen LogP contribution in [0.2, 0.25) is 0 Å². The van der Waals surface area contributed by atoms with Gasteiger partial charge in [0.05, 0.1) is 22.0 Å². The van der Waals surface area contributed by atoms with Crippen LogP contribution < -0.4 is 0 Å². The molecule has 0 aliphatic carbocycles. The van der Waals surface area contributed by atoms with Gasteiger partial charge < -0.3 is 13.4 Å². The molecule has 0 aliphatic heterocycles. The number of aromatic nitrogens is 4. The average Bonchev–Trinajstić information content (AvgIpc) is 3.87. The molecular weight excluding hydrogens is 629 g/mol. The zero-order valence-electron chi connectivity index (χ0n) is 27.1. The number of hydrogen-bond donors (Lipinski definition) is 0. The van der Waals surface area contributed by atoms with Crippen LogP contribution >= 0.6 is 0 Å². The van der Waals surface area contributed by atoms with Gasteiger partial charge in [-0.15, -0.1) is 0 Å². The monoisotopic (exact) mass is 654 g/mol. The Balaban J connectivity index is 1.18. The number of furan rings is 2. The van der Waals surface area contributed by atoms with Crippen molar-refractivity contribution in [3.05, 3.63) is 158 Å². The average molecular weight is 655 g/mol. The summed E-state index contributed by atoms with van der Waals surface area (Å²) in [6, 6.07) is 53.8. The fourth-order valence-electron chi connectivity index (χ4n) is 7.57. The summed E-state index contributed by atoms with van der Waals surface area (Å²) in [5.74, 6) is 1.67. The van der Waals surface area contributed by atoms with Crippen LogP contribution in [0.4, 0.5) is 0 Å². The number of nitrogens with zero attached hydrogens (tertiary/aromatic N) is 4. The van der Waals surface area contributed by atoms with E-state index in [1.54, 1.807) is 0 Å². The van der Waals surface area contributed by atoms with Crippen LogP contribution in [0, 0.1) is 0 Å². The van der Waals surface area contributed by atoms with Gasteiger partial charge in [0.2, 0.25) is 0 Å². The molecule has 51 heavy (non-hydrogen) atoms. The van der Waals surface area contributed by atoms with Gasteiger partial charge in [0.25, 0.3) is 0 Å². The second-order valence-corrected chi connectivity index (χ2v) is 12.8. The van der Waals surface area contributed by atoms with E-state index in [-0.39, 0.29) is 0 Å². The van der Waals surface area contributed by atoms with Crippen LogP contribution in [0.25, 0.3) is 106 Å². The Morgan fingerprint density at radius 1 is 0.412 bits per heavy atom. The van der Waals surface area contributed by atoms with Gasteiger partial charge in [0.1, 0.15) is 22.3 Å². The summed E-state index contributed by atoms with van der Waals surface area (Å²) in [7, 11) is 0. The minimum absolute atomic E-state index is 0.535. The maximum Gasteiger partial charge on any atom is 0.167 e. The van der Waals surface area contributed by atoms with Gasteiger partial charge in [0, 0.05) is 43.7 Å². The van der Waals surface area contributed by atoms with Crippen molar-refractivity contribution in [2.45, 2.75) is 0 Å². The van der Waals surface area contributed by atoms with Crippen molar-refractivity contribution in [2.75, 3.05) is 0 Å². The number of benzene rings is 7. The van der Waals surface area contributed by atoms with Gasteiger partial charge in [-0.05, 0) is 54.6 Å². The van der Waals surface area contributed by atoms with Crippen LogP contribution in [0.5, 0.6) is 0 Å². The van der Waals surface area contributed by atoms with Crippen molar-refractivity contribution >= 4 is 65.7 Å². The van der Waals surface area contributed by atoms with Crippen LogP contribution in [0.15, 0.2) is 167 Å². The maximum atomic E-state index is 6.79. The summed E-state index contributed by atoms with van der Waals surface area (Å²) in [6.07, 6.45) is 0. The lowest BCUT2D eigenvalue weighted by Gasteiger charge is -2.09. The summed E-state index contributed by atoms with van der Waals surface area (Å²) < 4.78 is 15.4. The largest absolute Gasteiger partial charge is 0.456 e. The summed E-state index contributed by atoms with van der Waals surface area (Å²) in [6.45, 7) is 0. The van der Waals surface area contributed by atoms with E-state index < -0.39 is 0 Å². The topological polar surface area (TPSA) is 69.9 Å². The molecule has 0 radical (unpaired) electrons. The van der Waals surface area contributed by atoms with Gasteiger partial charge >= 0.3 is 0 Å². The van der Waals surface area contributed by atoms with Crippen molar-refractivity contribution in [1.82, 2.24) is 19.5 Å². The van der Waals surface area contributed by atoms with E-state index in [0.717, 1.165) is 77.3 Å². The van der Waals surface area contributed by atoms with Crippen molar-refractivity contribution in [2.24, 2.45) is 0 Å². The summed E-state index contributed by atoms with van der Waals surface area (Å²) >= 11 is 0. The van der Waals surface area contributed by atoms with Crippen LogP contribution in [-0.2, 0) is 0 Å². The second-order valence-electron chi connectivity index (χ2n) is 12.8. The first-order valence-corrected chi connectivity index (χ1v) is 16.9. The molecule has 0 N–H and O–H groups in total. The SMILES string of the molecule is c1ccc(-c2nc(-c3ccc4c(c3)oc3ccccc34)nc(-c3cccc4c3oc3ccc5c6ccccc6n(-c6ccccc6)c5c34)n2)cc1. The molecule has 11 rings (SSSR count). The van der Waals surface area contributed by atoms with E-state index in [0.29, 0.717) is 17.5 Å². The number of rotatable bonds is 4. The van der Waals surface area contributed by atoms with E-state index >= 15 is 0 Å². The van der Waals surface area contributed by atoms with E-state index in [9.17, 15) is 0 Å². The smallest absolute Gasteiger partial charge is 0.167 e. The molecule has 0 fully saturated rings. The third-order valence-electron chi connectivity index (χ3n) is 9.85. The van der Waals surface area contributed by atoms with Gasteiger partial charge in [-0.1, -0.05) is 103 Å². The second kappa shape index (κ2) is 10.7. The lowest BCUT2D eigenvalue weighted by molar-refractivity contribution is 0.668. The zero-order valence-corrected chi connectivity index (χ0v) is 27.1. The predicted octanol–water partition coefficient (Wildman–Crippen LogP) is 11.8. The minimum Gasteiger partial charge on any atom is -0.456 e. The molecule has 6 heteroatoms. The van der Waals surface area contributed by atoms with Gasteiger partial charge in [-0.2, -0.15) is 0 Å². The normalized spacial score (nSPS) is 11.9. The Labute approximate surface area is 290 Å². The van der Waals surface area contributed by atoms with Gasteiger partial charge in [0.15, 0.2) is 17.5 Å². The molecule has 7 aromatic carbocycles. The molecule has 11 aromatic rings. The first-order valence-electron chi connectivity index (χ1n) is 16.9. The quantitative estimate of drug-likeness (QED) is 0.189. The Morgan fingerprint density at radius 2 is 1.08 bits per heavy atom. The first kappa shape index (κ1) is 27.9. The highest BCUT2D eigenvalue weighted by Crippen LogP contribution is 2.43. The van der Waals surface area contributed by atoms with Gasteiger partial charge in [-0.25, -0.2) is 15.0 Å². The molecule has 0 saturated heterocycles. The molecule has 238 valence electrons. The van der Waals surface area contributed by atoms with E-state index in [1.807, 2.05) is 66.7 Å². The Kier molecular flexibility index (Phi) is 5.86. The molecule has 4 aromatic heterocycles. The molecule has 4 heterocycles. The van der Waals surface area contributed by atoms with Crippen molar-refractivity contribution in [3.8, 4) is 39.9 Å². The Hall–Kier alpha value is -7.05. The van der Waals surface area contributed by atoms with Crippen molar-refractivity contribution < 1.29 is 8.83 Å². The lowest BCUT2D eigenvalue weighted by atomic mass is 10.1. The minimum atomic E-state index is 0.535. The van der Waals surface area contributed by atoms with Crippen molar-refractivity contribution in [1.29, 1.82) is 0 Å². The first-order chi connectivity index (χ1) is 25.3. The van der Waals surface area contributed by atoms with E-state index in [4.69, 9.17) is 23.8 Å². The number of para-hydroxylation sites is 4. The third kappa shape index (κ3) is 4.20. The fourth-order valence-corrected chi connectivity index (χ4v) is 7.57. The molecular formula is C45H26N4O2. The standard InChI is InChI=1S/C45H26N4O2/c1-3-12-27(13-4-1)43-46-44(28-22-23-32-31-17-8-10-21-37(31)50-39(32)26-28)48-45(47-43)35-19-11-18-34-40-38(51-42(34)35)25-24-33-30-16-7-9-20-36(30)49(41(33)40)29-14-5-2-6-15-29/h1-26H. The molecule has 0 amide bonds. The highest BCUT2D eigenvalue weighted by atomic mass is 16.3. The molecule has 6 nitrogen and oxygen atoms in total. The Morgan fingerprint density at radius 3 is 1.94 bits per heavy atom. The lowest BCUT2D eigenvalue weighted by Crippen LogP contribution is -2.00. The highest BCUT2D eigenvalue weighted by Gasteiger charge is 2.22. The molecule has 0 unspecified atom stereocenters. The molecule has 0 atom stereocenters. The van der Waals surface area contributed by atoms with Crippen LogP contribution in [0.1, 0.15) is 0 Å². The van der Waals surface area contributed by atoms with Crippen LogP contribution in [0.3, 0.4) is 0 Å². The number of fused-ring (bicyclic) bond motifs is 10. The predicted molar refractivity (Wildman–Crippen MR) is 205 cm³/mol. The molecule has 0 saturated carbocycles. The summed E-state index contributed by atoms with van der Waals surface area (Å²) in [5.41, 5.74) is 9.06. The Bertz CT molecular complexity index is 3140. The van der Waals surface area contributed by atoms with Crippen molar-refractivity contribution in [3.63, 3.8) is 0 Å². The maximum absolute atomic E-state index is 6.79. The fraction of sp³-hybridized carbons (Fsp3) is 0. The summed E-state index contributed by atoms with van der Waals surface area (Å²) in [4.78, 5) is 15.2. The summed E-state index contributed by atoms with van der Waals surface area (Å²) in [5, 5.41) is 6.55. The van der Waals surface area contributed by atoms with Crippen LogP contribution in [-0.4, -0.2) is 19.5 Å². The zero-order chi connectivity index (χ0) is 33.5.